The van der Waals surface area contributed by atoms with E-state index < -0.39 is 6.10 Å². The van der Waals surface area contributed by atoms with E-state index in [-0.39, 0.29) is 23.6 Å². The average Bonchev–Trinajstić information content (AvgIpc) is 2.44. The molecule has 0 saturated heterocycles. The van der Waals surface area contributed by atoms with Crippen LogP contribution in [0.25, 0.3) is 0 Å². The molecule has 1 unspecified atom stereocenters. The Kier molecular flexibility index (Phi) is 3.73. The Morgan fingerprint density at radius 3 is 2.40 bits per heavy atom. The Bertz CT molecular complexity index is 231. The number of hydrogen-bond donors (Lipinski definition) is 1. The first-order valence-corrected chi connectivity index (χ1v) is 5.27. The molecule has 4 nitrogen and oxygen atoms in total. The van der Waals surface area contributed by atoms with Crippen LogP contribution in [0.15, 0.2) is 0 Å². The van der Waals surface area contributed by atoms with Crippen molar-refractivity contribution in [2.45, 2.75) is 51.4 Å². The zero-order chi connectivity index (χ0) is 11.6. The number of aliphatic hydroxyl groups excluding tert-OH is 1. The molecular weight excluding hydrogens is 196 g/mol. The Morgan fingerprint density at radius 1 is 1.33 bits per heavy atom. The third-order valence-electron chi connectivity index (χ3n) is 2.51. The highest BCUT2D eigenvalue weighted by atomic mass is 16.5. The van der Waals surface area contributed by atoms with Gasteiger partial charge >= 0.3 is 5.97 Å². The minimum absolute atomic E-state index is 0.225. The van der Waals surface area contributed by atoms with E-state index in [9.17, 15) is 9.90 Å². The molecule has 0 aromatic rings. The monoisotopic (exact) mass is 216 g/mol. The summed E-state index contributed by atoms with van der Waals surface area (Å²) in [6, 6.07) is 0. The number of methoxy groups -OCH3 is 1. The second-order valence-corrected chi connectivity index (χ2v) is 5.03. The molecule has 0 bridgehead atoms. The van der Waals surface area contributed by atoms with E-state index in [0.717, 1.165) is 0 Å². The molecule has 0 radical (unpaired) electrons. The van der Waals surface area contributed by atoms with Crippen LogP contribution in [0.1, 0.15) is 33.6 Å². The predicted molar refractivity (Wildman–Crippen MR) is 55.4 cm³/mol. The summed E-state index contributed by atoms with van der Waals surface area (Å²) in [5.74, 6) is -0.480. The van der Waals surface area contributed by atoms with Crippen LogP contribution in [0.3, 0.4) is 0 Å². The molecular formula is C11H20O4. The lowest BCUT2D eigenvalue weighted by atomic mass is 10.1. The van der Waals surface area contributed by atoms with E-state index in [4.69, 9.17) is 4.74 Å². The van der Waals surface area contributed by atoms with Gasteiger partial charge < -0.3 is 14.6 Å². The lowest BCUT2D eigenvalue weighted by molar-refractivity contribution is -0.146. The van der Waals surface area contributed by atoms with Crippen molar-refractivity contribution in [2.75, 3.05) is 7.11 Å². The molecule has 1 aliphatic rings. The lowest BCUT2D eigenvalue weighted by Crippen LogP contribution is -2.32. The maximum absolute atomic E-state index is 11.3. The van der Waals surface area contributed by atoms with Crippen LogP contribution in [0.4, 0.5) is 0 Å². The van der Waals surface area contributed by atoms with Gasteiger partial charge in [0.1, 0.15) is 0 Å². The van der Waals surface area contributed by atoms with Gasteiger partial charge in [0.2, 0.25) is 0 Å². The van der Waals surface area contributed by atoms with Crippen molar-refractivity contribution in [1.82, 2.24) is 0 Å². The van der Waals surface area contributed by atoms with E-state index >= 15 is 0 Å². The van der Waals surface area contributed by atoms with E-state index in [1.807, 2.05) is 20.8 Å². The number of esters is 1. The highest BCUT2D eigenvalue weighted by Gasteiger charge is 2.39. The molecule has 0 amide bonds. The Morgan fingerprint density at radius 2 is 1.93 bits per heavy atom. The molecule has 1 fully saturated rings. The largest absolute Gasteiger partial charge is 0.469 e. The minimum atomic E-state index is -0.562. The summed E-state index contributed by atoms with van der Waals surface area (Å²) in [6.07, 6.45) is 0.167. The molecule has 0 aromatic carbocycles. The maximum Gasteiger partial charge on any atom is 0.308 e. The number of aliphatic hydroxyl groups is 1. The van der Waals surface area contributed by atoms with Crippen molar-refractivity contribution in [2.24, 2.45) is 5.92 Å². The summed E-state index contributed by atoms with van der Waals surface area (Å²) in [4.78, 5) is 11.3. The van der Waals surface area contributed by atoms with Crippen LogP contribution in [0.2, 0.25) is 0 Å². The third-order valence-corrected chi connectivity index (χ3v) is 2.51. The first-order valence-electron chi connectivity index (χ1n) is 5.27. The molecule has 0 spiro atoms. The lowest BCUT2D eigenvalue weighted by Gasteiger charge is -2.26. The van der Waals surface area contributed by atoms with Gasteiger partial charge in [-0.05, 0) is 33.6 Å². The molecule has 1 aliphatic carbocycles. The zero-order valence-electron chi connectivity index (χ0n) is 9.82. The first-order chi connectivity index (χ1) is 6.83. The quantitative estimate of drug-likeness (QED) is 0.703. The van der Waals surface area contributed by atoms with E-state index in [0.29, 0.717) is 12.8 Å². The van der Waals surface area contributed by atoms with Crippen LogP contribution < -0.4 is 0 Å². The SMILES string of the molecule is COC(=O)C1C[C@@H](O)[C@H](OC(C)(C)C)C1. The number of hydrogen-bond acceptors (Lipinski definition) is 4. The van der Waals surface area contributed by atoms with Crippen LogP contribution in [0, 0.1) is 5.92 Å². The summed E-state index contributed by atoms with van der Waals surface area (Å²) in [7, 11) is 1.37. The fourth-order valence-corrected chi connectivity index (χ4v) is 1.92. The van der Waals surface area contributed by atoms with E-state index in [2.05, 4.69) is 4.74 Å². The molecule has 0 heterocycles. The van der Waals surface area contributed by atoms with Crippen molar-refractivity contribution < 1.29 is 19.4 Å². The number of ether oxygens (including phenoxy) is 2. The Balaban J connectivity index is 2.53. The van der Waals surface area contributed by atoms with Gasteiger partial charge in [-0.1, -0.05) is 0 Å². The number of rotatable bonds is 2. The fourth-order valence-electron chi connectivity index (χ4n) is 1.92. The second kappa shape index (κ2) is 4.49. The van der Waals surface area contributed by atoms with Crippen molar-refractivity contribution in [1.29, 1.82) is 0 Å². The Hall–Kier alpha value is -0.610. The summed E-state index contributed by atoms with van der Waals surface area (Å²) in [5, 5.41) is 9.73. The third kappa shape index (κ3) is 3.47. The molecule has 0 aromatic heterocycles. The van der Waals surface area contributed by atoms with Crippen LogP contribution in [0.5, 0.6) is 0 Å². The van der Waals surface area contributed by atoms with Gasteiger partial charge in [0.05, 0.1) is 30.8 Å². The summed E-state index contributed by atoms with van der Waals surface area (Å²) >= 11 is 0. The topological polar surface area (TPSA) is 55.8 Å². The summed E-state index contributed by atoms with van der Waals surface area (Å²) < 4.78 is 10.3. The molecule has 15 heavy (non-hydrogen) atoms. The molecule has 1 saturated carbocycles. The maximum atomic E-state index is 11.3. The van der Waals surface area contributed by atoms with E-state index in [1.165, 1.54) is 7.11 Å². The van der Waals surface area contributed by atoms with Gasteiger partial charge in [0.25, 0.3) is 0 Å². The average molecular weight is 216 g/mol. The first kappa shape index (κ1) is 12.5. The molecule has 1 rings (SSSR count). The Labute approximate surface area is 90.6 Å². The van der Waals surface area contributed by atoms with Gasteiger partial charge in [-0.2, -0.15) is 0 Å². The smallest absolute Gasteiger partial charge is 0.308 e. The highest BCUT2D eigenvalue weighted by Crippen LogP contribution is 2.31. The normalized spacial score (nSPS) is 31.7. The highest BCUT2D eigenvalue weighted by molar-refractivity contribution is 5.72. The predicted octanol–water partition coefficient (Wildman–Crippen LogP) is 1.11. The number of carbonyl (C=O) groups excluding carboxylic acids is 1. The van der Waals surface area contributed by atoms with Gasteiger partial charge in [0.15, 0.2) is 0 Å². The molecule has 4 heteroatoms. The van der Waals surface area contributed by atoms with Crippen LogP contribution >= 0.6 is 0 Å². The van der Waals surface area contributed by atoms with Crippen molar-refractivity contribution >= 4 is 5.97 Å². The van der Waals surface area contributed by atoms with Gasteiger partial charge in [0, 0.05) is 0 Å². The van der Waals surface area contributed by atoms with Crippen molar-refractivity contribution in [3.05, 3.63) is 0 Å². The molecule has 0 aliphatic heterocycles. The summed E-state index contributed by atoms with van der Waals surface area (Å²) in [5.41, 5.74) is -0.295. The van der Waals surface area contributed by atoms with Gasteiger partial charge in [-0.25, -0.2) is 0 Å². The minimum Gasteiger partial charge on any atom is -0.469 e. The number of carbonyl (C=O) groups is 1. The standard InChI is InChI=1S/C11H20O4/c1-11(2,3)15-9-6-7(5-8(9)12)10(13)14-4/h7-9,12H,5-6H2,1-4H3/t7?,8-,9-/m1/s1. The molecule has 1 N–H and O–H groups in total. The van der Waals surface area contributed by atoms with Gasteiger partial charge in [-0.3, -0.25) is 4.79 Å². The molecule has 88 valence electrons. The zero-order valence-corrected chi connectivity index (χ0v) is 9.82. The van der Waals surface area contributed by atoms with Crippen LogP contribution in [-0.4, -0.2) is 36.0 Å². The van der Waals surface area contributed by atoms with E-state index in [1.54, 1.807) is 0 Å². The van der Waals surface area contributed by atoms with Crippen LogP contribution in [-0.2, 0) is 14.3 Å². The summed E-state index contributed by atoms with van der Waals surface area (Å²) in [6.45, 7) is 5.81. The van der Waals surface area contributed by atoms with Crippen molar-refractivity contribution in [3.8, 4) is 0 Å². The van der Waals surface area contributed by atoms with Crippen molar-refractivity contribution in [3.63, 3.8) is 0 Å². The fraction of sp³-hybridized carbons (Fsp3) is 0.909. The second-order valence-electron chi connectivity index (χ2n) is 5.03. The van der Waals surface area contributed by atoms with Gasteiger partial charge in [-0.15, -0.1) is 0 Å². The molecule has 3 atom stereocenters.